The van der Waals surface area contributed by atoms with Crippen molar-refractivity contribution in [3.05, 3.63) is 76.5 Å². The molecule has 0 radical (unpaired) electrons. The molecule has 4 rings (SSSR count). The molecule has 1 aliphatic carbocycles. The summed E-state index contributed by atoms with van der Waals surface area (Å²) in [7, 11) is 0. The van der Waals surface area contributed by atoms with Crippen LogP contribution in [0.2, 0.25) is 0 Å². The molecule has 1 unspecified atom stereocenters. The van der Waals surface area contributed by atoms with Crippen molar-refractivity contribution in [2.75, 3.05) is 5.32 Å². The fraction of sp³-hybridized carbons (Fsp3) is 0.250. The van der Waals surface area contributed by atoms with Crippen molar-refractivity contribution in [2.45, 2.75) is 32.1 Å². The van der Waals surface area contributed by atoms with Crippen LogP contribution in [-0.4, -0.2) is 5.78 Å². The number of fused-ring (bicyclic) bond motifs is 2. The van der Waals surface area contributed by atoms with Gasteiger partial charge < -0.3 is 5.32 Å². The third kappa shape index (κ3) is 1.58. The molecule has 2 nitrogen and oxygen atoms in total. The maximum absolute atomic E-state index is 13.1. The number of hydrogen-bond donors (Lipinski definition) is 1. The van der Waals surface area contributed by atoms with Gasteiger partial charge in [-0.1, -0.05) is 63.2 Å². The highest BCUT2D eigenvalue weighted by Crippen LogP contribution is 2.48. The van der Waals surface area contributed by atoms with E-state index in [1.807, 2.05) is 30.3 Å². The molecule has 0 spiro atoms. The lowest BCUT2D eigenvalue weighted by molar-refractivity contribution is 0.102. The van der Waals surface area contributed by atoms with Crippen LogP contribution in [0.1, 0.15) is 48.2 Å². The number of hydrogen-bond acceptors (Lipinski definition) is 2. The Kier molecular flexibility index (Phi) is 2.62. The van der Waals surface area contributed by atoms with Crippen LogP contribution in [0.4, 0.5) is 5.69 Å². The van der Waals surface area contributed by atoms with Crippen LogP contribution >= 0.6 is 0 Å². The summed E-state index contributed by atoms with van der Waals surface area (Å²) in [6, 6.07) is 16.3. The second-order valence-corrected chi connectivity index (χ2v) is 6.72. The van der Waals surface area contributed by atoms with Gasteiger partial charge in [0.2, 0.25) is 0 Å². The third-order valence-electron chi connectivity index (χ3n) is 5.10. The Morgan fingerprint density at radius 3 is 2.50 bits per heavy atom. The summed E-state index contributed by atoms with van der Waals surface area (Å²) >= 11 is 0. The molecule has 2 aliphatic rings. The molecule has 22 heavy (non-hydrogen) atoms. The topological polar surface area (TPSA) is 29.1 Å². The minimum Gasteiger partial charge on any atom is -0.358 e. The molecule has 2 aromatic carbocycles. The van der Waals surface area contributed by atoms with Gasteiger partial charge in [-0.2, -0.15) is 0 Å². The lowest BCUT2D eigenvalue weighted by Gasteiger charge is -2.41. The molecule has 1 atom stereocenters. The summed E-state index contributed by atoms with van der Waals surface area (Å²) in [6.07, 6.45) is 0. The van der Waals surface area contributed by atoms with E-state index < -0.39 is 0 Å². The normalized spacial score (nSPS) is 21.6. The van der Waals surface area contributed by atoms with Crippen molar-refractivity contribution in [3.8, 4) is 0 Å². The number of ketones is 1. The summed E-state index contributed by atoms with van der Waals surface area (Å²) in [5, 5.41) is 3.55. The van der Waals surface area contributed by atoms with Crippen molar-refractivity contribution in [3.63, 3.8) is 0 Å². The van der Waals surface area contributed by atoms with Crippen LogP contribution in [0, 0.1) is 0 Å². The average Bonchev–Trinajstić information content (AvgIpc) is 2.53. The summed E-state index contributed by atoms with van der Waals surface area (Å²) in [5.41, 5.74) is 6.06. The van der Waals surface area contributed by atoms with Crippen LogP contribution in [0.3, 0.4) is 0 Å². The molecule has 0 fully saturated rings. The van der Waals surface area contributed by atoms with Gasteiger partial charge in [0.1, 0.15) is 0 Å². The third-order valence-corrected chi connectivity index (χ3v) is 5.10. The van der Waals surface area contributed by atoms with E-state index in [-0.39, 0.29) is 17.1 Å². The van der Waals surface area contributed by atoms with Crippen molar-refractivity contribution in [1.29, 1.82) is 0 Å². The number of rotatable bonds is 0. The molecule has 2 aromatic rings. The van der Waals surface area contributed by atoms with Gasteiger partial charge in [0.15, 0.2) is 5.78 Å². The number of allylic oxidation sites excluding steroid dienone is 2. The highest BCUT2D eigenvalue weighted by Gasteiger charge is 2.43. The summed E-state index contributed by atoms with van der Waals surface area (Å²) in [6.45, 7) is 6.53. The summed E-state index contributed by atoms with van der Waals surface area (Å²) < 4.78 is 0. The predicted molar refractivity (Wildman–Crippen MR) is 89.3 cm³/mol. The van der Waals surface area contributed by atoms with E-state index in [4.69, 9.17) is 0 Å². The van der Waals surface area contributed by atoms with Gasteiger partial charge in [-0.25, -0.2) is 0 Å². The van der Waals surface area contributed by atoms with Crippen LogP contribution in [0.5, 0.6) is 0 Å². The summed E-state index contributed by atoms with van der Waals surface area (Å²) in [5.74, 6) is 0.284. The zero-order valence-corrected chi connectivity index (χ0v) is 13.1. The van der Waals surface area contributed by atoms with E-state index in [0.717, 1.165) is 28.1 Å². The van der Waals surface area contributed by atoms with Crippen LogP contribution in [0.15, 0.2) is 59.8 Å². The van der Waals surface area contributed by atoms with Gasteiger partial charge in [0.05, 0.1) is 0 Å². The molecule has 0 saturated heterocycles. The van der Waals surface area contributed by atoms with Crippen LogP contribution in [0.25, 0.3) is 0 Å². The molecule has 0 amide bonds. The second kappa shape index (κ2) is 4.33. The Morgan fingerprint density at radius 2 is 1.68 bits per heavy atom. The minimum absolute atomic E-state index is 0.118. The van der Waals surface area contributed by atoms with Crippen molar-refractivity contribution in [1.82, 2.24) is 0 Å². The van der Waals surface area contributed by atoms with Gasteiger partial charge in [0.25, 0.3) is 0 Å². The average molecular weight is 289 g/mol. The first-order valence-electron chi connectivity index (χ1n) is 7.76. The zero-order valence-electron chi connectivity index (χ0n) is 13.1. The molecule has 1 aliphatic heterocycles. The van der Waals surface area contributed by atoms with E-state index in [1.54, 1.807) is 0 Å². The van der Waals surface area contributed by atoms with Crippen LogP contribution < -0.4 is 5.32 Å². The highest BCUT2D eigenvalue weighted by molar-refractivity contribution is 6.14. The maximum atomic E-state index is 13.1. The van der Waals surface area contributed by atoms with Crippen molar-refractivity contribution >= 4 is 11.5 Å². The first-order chi connectivity index (χ1) is 10.5. The lowest BCUT2D eigenvalue weighted by Crippen LogP contribution is -2.38. The Labute approximate surface area is 130 Å². The molecule has 0 bridgehead atoms. The first kappa shape index (κ1) is 13.3. The molecule has 0 saturated carbocycles. The Hall–Kier alpha value is -2.35. The number of carbonyl (C=O) groups is 1. The standard InChI is InChI=1S/C20H19NO/c1-12-13-8-5-7-11-16(13)21-19-17(12)18(22)14-9-4-6-10-15(14)20(19,2)3/h4-12,21H,1-3H3. The Bertz CT molecular complexity index is 829. The first-order valence-corrected chi connectivity index (χ1v) is 7.76. The molecular formula is C20H19NO. The number of carbonyl (C=O) groups excluding carboxylic acids is 1. The van der Waals surface area contributed by atoms with E-state index in [9.17, 15) is 4.79 Å². The largest absolute Gasteiger partial charge is 0.358 e. The van der Waals surface area contributed by atoms with E-state index in [0.29, 0.717) is 0 Å². The maximum Gasteiger partial charge on any atom is 0.191 e. The van der Waals surface area contributed by atoms with Gasteiger partial charge >= 0.3 is 0 Å². The van der Waals surface area contributed by atoms with Gasteiger partial charge in [-0.05, 0) is 17.2 Å². The number of benzene rings is 2. The fourth-order valence-electron chi connectivity index (χ4n) is 3.87. The van der Waals surface area contributed by atoms with Crippen molar-refractivity contribution < 1.29 is 4.79 Å². The number of Topliss-reactive ketones (excluding diaryl/α,β-unsaturated/α-hetero) is 1. The van der Waals surface area contributed by atoms with Gasteiger partial charge in [-0.15, -0.1) is 0 Å². The molecule has 110 valence electrons. The van der Waals surface area contributed by atoms with Crippen molar-refractivity contribution in [2.24, 2.45) is 0 Å². The molecule has 2 heteroatoms. The molecule has 1 heterocycles. The van der Waals surface area contributed by atoms with E-state index in [1.165, 1.54) is 5.56 Å². The summed E-state index contributed by atoms with van der Waals surface area (Å²) in [4.78, 5) is 13.1. The molecular weight excluding hydrogens is 270 g/mol. The lowest BCUT2D eigenvalue weighted by atomic mass is 9.67. The number of nitrogens with one attached hydrogen (secondary N) is 1. The zero-order chi connectivity index (χ0) is 15.5. The molecule has 1 N–H and O–H groups in total. The Morgan fingerprint density at radius 1 is 1.00 bits per heavy atom. The number of para-hydroxylation sites is 1. The van der Waals surface area contributed by atoms with Gasteiger partial charge in [0, 0.05) is 33.9 Å². The Balaban J connectivity index is 1.99. The molecule has 0 aromatic heterocycles. The minimum atomic E-state index is -0.193. The fourth-order valence-corrected chi connectivity index (χ4v) is 3.87. The van der Waals surface area contributed by atoms with Crippen LogP contribution in [-0.2, 0) is 5.41 Å². The monoisotopic (exact) mass is 289 g/mol. The predicted octanol–water partition coefficient (Wildman–Crippen LogP) is 4.64. The highest BCUT2D eigenvalue weighted by atomic mass is 16.1. The quantitative estimate of drug-likeness (QED) is 0.765. The smallest absolute Gasteiger partial charge is 0.191 e. The van der Waals surface area contributed by atoms with Gasteiger partial charge in [-0.3, -0.25) is 4.79 Å². The number of anilines is 1. The second-order valence-electron chi connectivity index (χ2n) is 6.72. The van der Waals surface area contributed by atoms with E-state index in [2.05, 4.69) is 44.3 Å². The SMILES string of the molecule is CC1C2=C(Nc3ccccc31)C(C)(C)c1ccccc1C2=O. The van der Waals surface area contributed by atoms with E-state index >= 15 is 0 Å².